The van der Waals surface area contributed by atoms with Gasteiger partial charge in [-0.3, -0.25) is 4.79 Å². The Balaban J connectivity index is 1.57. The molecule has 0 aromatic heterocycles. The van der Waals surface area contributed by atoms with Crippen molar-refractivity contribution in [2.75, 3.05) is 5.32 Å². The van der Waals surface area contributed by atoms with Crippen LogP contribution in [-0.2, 0) is 9.59 Å². The Bertz CT molecular complexity index is 762. The molecular formula is C18H18BrN3O3. The van der Waals surface area contributed by atoms with Crippen LogP contribution in [-0.4, -0.2) is 17.9 Å². The number of hydrogen-bond acceptors (Lipinski definition) is 5. The topological polar surface area (TPSA) is 79.5 Å². The number of benzene rings is 2. The van der Waals surface area contributed by atoms with Crippen molar-refractivity contribution in [1.29, 1.82) is 0 Å². The maximum absolute atomic E-state index is 12.3. The maximum Gasteiger partial charge on any atom is 0.329 e. The Morgan fingerprint density at radius 2 is 1.76 bits per heavy atom. The average Bonchev–Trinajstić information content (AvgIpc) is 3.07. The average molecular weight is 404 g/mol. The summed E-state index contributed by atoms with van der Waals surface area (Å²) in [5.41, 5.74) is 7.87. The van der Waals surface area contributed by atoms with Gasteiger partial charge < -0.3 is 10.1 Å². The maximum atomic E-state index is 12.3. The van der Waals surface area contributed by atoms with Crippen LogP contribution in [0.1, 0.15) is 24.9 Å². The Morgan fingerprint density at radius 3 is 2.40 bits per heavy atom. The van der Waals surface area contributed by atoms with Gasteiger partial charge in [0.15, 0.2) is 0 Å². The summed E-state index contributed by atoms with van der Waals surface area (Å²) in [6.07, 6.45) is 0.602. The number of hydrazine groups is 1. The lowest BCUT2D eigenvalue weighted by Gasteiger charge is -2.10. The third-order valence-corrected chi connectivity index (χ3v) is 4.38. The summed E-state index contributed by atoms with van der Waals surface area (Å²) in [6.45, 7) is 1.44. The number of carbonyl (C=O) groups excluding carboxylic acids is 2. The van der Waals surface area contributed by atoms with Crippen LogP contribution in [0.2, 0.25) is 0 Å². The molecule has 6 nitrogen and oxygen atoms in total. The summed E-state index contributed by atoms with van der Waals surface area (Å²) in [5.74, 6) is -0.0580. The summed E-state index contributed by atoms with van der Waals surface area (Å²) in [7, 11) is 0. The second-order valence-corrected chi connectivity index (χ2v) is 6.72. The van der Waals surface area contributed by atoms with Gasteiger partial charge in [0.25, 0.3) is 0 Å². The number of esters is 1. The van der Waals surface area contributed by atoms with E-state index in [-0.39, 0.29) is 17.9 Å². The van der Waals surface area contributed by atoms with E-state index in [9.17, 15) is 9.59 Å². The standard InChI is InChI=1S/C18H18BrN3O3/c1-11(23)20-14-6-8-15(9-7-14)25-18(24)17-10-16(21-22-17)12-2-4-13(19)5-3-12/h2-9,16-17,21-22H,10H2,1H3,(H,20,23). The van der Waals surface area contributed by atoms with Crippen LogP contribution >= 0.6 is 15.9 Å². The molecule has 2 unspecified atom stereocenters. The van der Waals surface area contributed by atoms with E-state index in [2.05, 4.69) is 32.1 Å². The van der Waals surface area contributed by atoms with E-state index in [1.165, 1.54) is 6.92 Å². The van der Waals surface area contributed by atoms with Gasteiger partial charge in [-0.2, -0.15) is 0 Å². The highest BCUT2D eigenvalue weighted by Crippen LogP contribution is 2.25. The first-order chi connectivity index (χ1) is 12.0. The van der Waals surface area contributed by atoms with E-state index >= 15 is 0 Å². The van der Waals surface area contributed by atoms with Gasteiger partial charge in [0.2, 0.25) is 5.91 Å². The fraction of sp³-hybridized carbons (Fsp3) is 0.222. The number of halogens is 1. The van der Waals surface area contributed by atoms with Gasteiger partial charge in [0.1, 0.15) is 11.8 Å². The Kier molecular flexibility index (Phi) is 5.47. The number of anilines is 1. The predicted molar refractivity (Wildman–Crippen MR) is 97.9 cm³/mol. The van der Waals surface area contributed by atoms with Gasteiger partial charge in [0, 0.05) is 23.1 Å². The second kappa shape index (κ2) is 7.77. The molecule has 0 bridgehead atoms. The van der Waals surface area contributed by atoms with E-state index in [1.54, 1.807) is 24.3 Å². The molecule has 1 aliphatic rings. The zero-order valence-corrected chi connectivity index (χ0v) is 15.2. The van der Waals surface area contributed by atoms with E-state index in [0.29, 0.717) is 17.9 Å². The van der Waals surface area contributed by atoms with Crippen LogP contribution in [0.15, 0.2) is 53.0 Å². The lowest BCUT2D eigenvalue weighted by atomic mass is 10.0. The summed E-state index contributed by atoms with van der Waals surface area (Å²) in [5, 5.41) is 2.66. The number of carbonyl (C=O) groups is 2. The molecule has 3 N–H and O–H groups in total. The van der Waals surface area contributed by atoms with Crippen LogP contribution in [0.3, 0.4) is 0 Å². The zero-order valence-electron chi connectivity index (χ0n) is 13.6. The molecule has 0 saturated carbocycles. The molecule has 1 heterocycles. The fourth-order valence-corrected chi connectivity index (χ4v) is 2.89. The molecule has 0 spiro atoms. The normalized spacial score (nSPS) is 19.4. The summed E-state index contributed by atoms with van der Waals surface area (Å²) >= 11 is 3.41. The van der Waals surface area contributed by atoms with Crippen LogP contribution in [0.5, 0.6) is 5.75 Å². The molecule has 2 aromatic carbocycles. The molecule has 25 heavy (non-hydrogen) atoms. The van der Waals surface area contributed by atoms with Crippen molar-refractivity contribution in [2.24, 2.45) is 0 Å². The molecule has 0 radical (unpaired) electrons. The van der Waals surface area contributed by atoms with Gasteiger partial charge in [-0.15, -0.1) is 0 Å². The molecule has 3 rings (SSSR count). The largest absolute Gasteiger partial charge is 0.425 e. The van der Waals surface area contributed by atoms with Crippen LogP contribution < -0.4 is 20.9 Å². The lowest BCUT2D eigenvalue weighted by Crippen LogP contribution is -2.38. The van der Waals surface area contributed by atoms with Crippen LogP contribution in [0.4, 0.5) is 5.69 Å². The van der Waals surface area contributed by atoms with E-state index in [1.807, 2.05) is 24.3 Å². The molecule has 2 atom stereocenters. The predicted octanol–water partition coefficient (Wildman–Crippen LogP) is 2.92. The molecule has 1 amide bonds. The number of rotatable bonds is 4. The van der Waals surface area contributed by atoms with Gasteiger partial charge >= 0.3 is 5.97 Å². The summed E-state index contributed by atoms with van der Waals surface area (Å²) < 4.78 is 6.41. The highest BCUT2D eigenvalue weighted by molar-refractivity contribution is 9.10. The SMILES string of the molecule is CC(=O)Nc1ccc(OC(=O)C2CC(c3ccc(Br)cc3)NN2)cc1. The quantitative estimate of drug-likeness (QED) is 0.540. The summed E-state index contributed by atoms with van der Waals surface area (Å²) in [4.78, 5) is 23.3. The van der Waals surface area contributed by atoms with E-state index in [4.69, 9.17) is 4.74 Å². The van der Waals surface area contributed by atoms with Gasteiger partial charge in [0.05, 0.1) is 0 Å². The third-order valence-electron chi connectivity index (χ3n) is 3.85. The number of amides is 1. The van der Waals surface area contributed by atoms with E-state index in [0.717, 1.165) is 10.0 Å². The van der Waals surface area contributed by atoms with Crippen LogP contribution in [0.25, 0.3) is 0 Å². The van der Waals surface area contributed by atoms with Gasteiger partial charge in [-0.05, 0) is 48.4 Å². The van der Waals surface area contributed by atoms with Gasteiger partial charge in [-0.1, -0.05) is 28.1 Å². The Hall–Kier alpha value is -2.22. The van der Waals surface area contributed by atoms with Crippen molar-refractivity contribution in [3.8, 4) is 5.75 Å². The van der Waals surface area contributed by atoms with Crippen LogP contribution in [0, 0.1) is 0 Å². The molecule has 1 fully saturated rings. The minimum atomic E-state index is -0.427. The third kappa shape index (κ3) is 4.66. The Labute approximate surface area is 154 Å². The number of hydrogen-bond donors (Lipinski definition) is 3. The molecular weight excluding hydrogens is 386 g/mol. The molecule has 130 valence electrons. The number of nitrogens with one attached hydrogen (secondary N) is 3. The monoisotopic (exact) mass is 403 g/mol. The number of ether oxygens (including phenoxy) is 1. The molecule has 0 aliphatic carbocycles. The first-order valence-corrected chi connectivity index (χ1v) is 8.66. The molecule has 7 heteroatoms. The molecule has 1 aliphatic heterocycles. The first kappa shape index (κ1) is 17.6. The Morgan fingerprint density at radius 1 is 1.08 bits per heavy atom. The van der Waals surface area contributed by atoms with Crippen molar-refractivity contribution in [3.05, 3.63) is 58.6 Å². The molecule has 1 saturated heterocycles. The van der Waals surface area contributed by atoms with E-state index < -0.39 is 6.04 Å². The first-order valence-electron chi connectivity index (χ1n) is 7.87. The van der Waals surface area contributed by atoms with Crippen molar-refractivity contribution in [2.45, 2.75) is 25.4 Å². The molecule has 2 aromatic rings. The van der Waals surface area contributed by atoms with Crippen molar-refractivity contribution in [3.63, 3.8) is 0 Å². The minimum Gasteiger partial charge on any atom is -0.425 e. The second-order valence-electron chi connectivity index (χ2n) is 5.81. The van der Waals surface area contributed by atoms with Crippen molar-refractivity contribution < 1.29 is 14.3 Å². The fourth-order valence-electron chi connectivity index (χ4n) is 2.62. The van der Waals surface area contributed by atoms with Crippen molar-refractivity contribution in [1.82, 2.24) is 10.9 Å². The minimum absolute atomic E-state index is 0.0489. The zero-order chi connectivity index (χ0) is 17.8. The highest BCUT2D eigenvalue weighted by Gasteiger charge is 2.31. The highest BCUT2D eigenvalue weighted by atomic mass is 79.9. The lowest BCUT2D eigenvalue weighted by molar-refractivity contribution is -0.136. The summed E-state index contributed by atoms with van der Waals surface area (Å²) in [6, 6.07) is 14.3. The smallest absolute Gasteiger partial charge is 0.329 e. The van der Waals surface area contributed by atoms with Crippen molar-refractivity contribution >= 4 is 33.5 Å². The van der Waals surface area contributed by atoms with Gasteiger partial charge in [-0.25, -0.2) is 15.6 Å².